The fourth-order valence-electron chi connectivity index (χ4n) is 2.37. The van der Waals surface area contributed by atoms with E-state index in [0.29, 0.717) is 11.3 Å². The zero-order chi connectivity index (χ0) is 15.5. The van der Waals surface area contributed by atoms with Gasteiger partial charge in [-0.2, -0.15) is 5.26 Å². The molecule has 1 fully saturated rings. The summed E-state index contributed by atoms with van der Waals surface area (Å²) in [5.74, 6) is -0.497. The highest BCUT2D eigenvalue weighted by Crippen LogP contribution is 2.24. The van der Waals surface area contributed by atoms with E-state index in [0.717, 1.165) is 25.9 Å². The van der Waals surface area contributed by atoms with Crippen LogP contribution in [0.1, 0.15) is 32.3 Å². The average Bonchev–Trinajstić information content (AvgIpc) is 3.00. The third-order valence-electron chi connectivity index (χ3n) is 3.75. The van der Waals surface area contributed by atoms with Crippen LogP contribution in [0.5, 0.6) is 0 Å². The summed E-state index contributed by atoms with van der Waals surface area (Å²) in [6, 6.07) is 8.68. The SMILES string of the molecule is CC(C)(C(=O)Nc1cccc(C#N)c1)C(=O)N1CCCC1. The van der Waals surface area contributed by atoms with Gasteiger partial charge < -0.3 is 10.2 Å². The quantitative estimate of drug-likeness (QED) is 0.865. The van der Waals surface area contributed by atoms with Crippen molar-refractivity contribution in [3.8, 4) is 6.07 Å². The van der Waals surface area contributed by atoms with E-state index in [2.05, 4.69) is 5.32 Å². The number of nitrogens with one attached hydrogen (secondary N) is 1. The number of rotatable bonds is 3. The van der Waals surface area contributed by atoms with Crippen LogP contribution in [0.15, 0.2) is 24.3 Å². The predicted octanol–water partition coefficient (Wildman–Crippen LogP) is 2.15. The van der Waals surface area contributed by atoms with Crippen molar-refractivity contribution in [1.82, 2.24) is 4.90 Å². The molecule has 2 amide bonds. The van der Waals surface area contributed by atoms with Gasteiger partial charge in [0.1, 0.15) is 5.41 Å². The molecule has 0 radical (unpaired) electrons. The topological polar surface area (TPSA) is 73.2 Å². The van der Waals surface area contributed by atoms with E-state index in [4.69, 9.17) is 5.26 Å². The molecule has 0 unspecified atom stereocenters. The van der Waals surface area contributed by atoms with E-state index in [1.54, 1.807) is 43.0 Å². The lowest BCUT2D eigenvalue weighted by molar-refractivity contribution is -0.145. The van der Waals surface area contributed by atoms with Crippen molar-refractivity contribution in [1.29, 1.82) is 5.26 Å². The number of hydrogen-bond acceptors (Lipinski definition) is 3. The normalized spacial score (nSPS) is 14.6. The van der Waals surface area contributed by atoms with E-state index < -0.39 is 5.41 Å². The maximum atomic E-state index is 12.4. The molecule has 0 bridgehead atoms. The maximum absolute atomic E-state index is 12.4. The summed E-state index contributed by atoms with van der Waals surface area (Å²) in [6.07, 6.45) is 1.99. The summed E-state index contributed by atoms with van der Waals surface area (Å²) in [5, 5.41) is 11.6. The number of amides is 2. The zero-order valence-corrected chi connectivity index (χ0v) is 12.3. The predicted molar refractivity (Wildman–Crippen MR) is 79.4 cm³/mol. The highest BCUT2D eigenvalue weighted by Gasteiger charge is 2.39. The molecule has 5 heteroatoms. The summed E-state index contributed by atoms with van der Waals surface area (Å²) < 4.78 is 0. The fraction of sp³-hybridized carbons (Fsp3) is 0.438. The van der Waals surface area contributed by atoms with Crippen molar-refractivity contribution in [3.63, 3.8) is 0 Å². The number of nitrogens with zero attached hydrogens (tertiary/aromatic N) is 2. The van der Waals surface area contributed by atoms with Gasteiger partial charge in [-0.1, -0.05) is 6.07 Å². The van der Waals surface area contributed by atoms with Crippen LogP contribution >= 0.6 is 0 Å². The Kier molecular flexibility index (Phi) is 4.27. The summed E-state index contributed by atoms with van der Waals surface area (Å²) in [7, 11) is 0. The van der Waals surface area contributed by atoms with Crippen LogP contribution in [0.4, 0.5) is 5.69 Å². The second-order valence-electron chi connectivity index (χ2n) is 5.77. The monoisotopic (exact) mass is 285 g/mol. The third-order valence-corrected chi connectivity index (χ3v) is 3.75. The lowest BCUT2D eigenvalue weighted by Crippen LogP contribution is -2.46. The van der Waals surface area contributed by atoms with Crippen LogP contribution in [-0.4, -0.2) is 29.8 Å². The summed E-state index contributed by atoms with van der Waals surface area (Å²) in [4.78, 5) is 26.6. The Labute approximate surface area is 124 Å². The van der Waals surface area contributed by atoms with Gasteiger partial charge >= 0.3 is 0 Å². The molecule has 2 rings (SSSR count). The second-order valence-corrected chi connectivity index (χ2v) is 5.77. The number of nitriles is 1. The first kappa shape index (κ1) is 15.0. The van der Waals surface area contributed by atoms with E-state index in [9.17, 15) is 9.59 Å². The Hall–Kier alpha value is -2.35. The van der Waals surface area contributed by atoms with Crippen LogP contribution in [-0.2, 0) is 9.59 Å². The van der Waals surface area contributed by atoms with E-state index in [-0.39, 0.29) is 11.8 Å². The molecule has 21 heavy (non-hydrogen) atoms. The van der Waals surface area contributed by atoms with Gasteiger partial charge in [0, 0.05) is 18.8 Å². The Bertz CT molecular complexity index is 596. The molecule has 0 aromatic heterocycles. The first-order valence-corrected chi connectivity index (χ1v) is 7.06. The molecule has 5 nitrogen and oxygen atoms in total. The molecule has 0 atom stereocenters. The molecule has 0 spiro atoms. The molecule has 1 saturated heterocycles. The number of anilines is 1. The van der Waals surface area contributed by atoms with Gasteiger partial charge in [0.2, 0.25) is 11.8 Å². The zero-order valence-electron chi connectivity index (χ0n) is 12.3. The number of carbonyl (C=O) groups excluding carboxylic acids is 2. The highest BCUT2D eigenvalue weighted by molar-refractivity contribution is 6.09. The number of benzene rings is 1. The molecule has 0 aliphatic carbocycles. The first-order chi connectivity index (χ1) is 9.95. The molecule has 1 aromatic rings. The van der Waals surface area contributed by atoms with Crippen molar-refractivity contribution >= 4 is 17.5 Å². The van der Waals surface area contributed by atoms with Gasteiger partial charge in [0.05, 0.1) is 11.6 Å². The van der Waals surface area contributed by atoms with Crippen molar-refractivity contribution < 1.29 is 9.59 Å². The lowest BCUT2D eigenvalue weighted by atomic mass is 9.90. The van der Waals surface area contributed by atoms with E-state index in [1.165, 1.54) is 0 Å². The lowest BCUT2D eigenvalue weighted by Gasteiger charge is -2.28. The second kappa shape index (κ2) is 5.96. The molecule has 110 valence electrons. The van der Waals surface area contributed by atoms with Crippen molar-refractivity contribution in [2.75, 3.05) is 18.4 Å². The molecular formula is C16H19N3O2. The van der Waals surface area contributed by atoms with Gasteiger partial charge in [-0.3, -0.25) is 9.59 Å². The van der Waals surface area contributed by atoms with Crippen LogP contribution in [0.3, 0.4) is 0 Å². The van der Waals surface area contributed by atoms with Crippen LogP contribution in [0.25, 0.3) is 0 Å². The van der Waals surface area contributed by atoms with E-state index in [1.807, 2.05) is 6.07 Å². The van der Waals surface area contributed by atoms with Crippen LogP contribution < -0.4 is 5.32 Å². The number of hydrogen-bond donors (Lipinski definition) is 1. The molecule has 1 aliphatic rings. The Balaban J connectivity index is 2.10. The van der Waals surface area contributed by atoms with Crippen LogP contribution in [0.2, 0.25) is 0 Å². The van der Waals surface area contributed by atoms with Gasteiger partial charge in [-0.05, 0) is 44.9 Å². The molecular weight excluding hydrogens is 266 g/mol. The largest absolute Gasteiger partial charge is 0.342 e. The summed E-state index contributed by atoms with van der Waals surface area (Å²) in [5.41, 5.74) is -0.120. The summed E-state index contributed by atoms with van der Waals surface area (Å²) in [6.45, 7) is 4.72. The standard InChI is InChI=1S/C16H19N3O2/c1-16(2,15(21)19-8-3-4-9-19)14(20)18-13-7-5-6-12(10-13)11-17/h5-7,10H,3-4,8-9H2,1-2H3,(H,18,20). The average molecular weight is 285 g/mol. The third kappa shape index (κ3) is 3.22. The van der Waals surface area contributed by atoms with Gasteiger partial charge in [-0.15, -0.1) is 0 Å². The molecule has 1 aromatic carbocycles. The Morgan fingerprint density at radius 3 is 2.57 bits per heavy atom. The Morgan fingerprint density at radius 2 is 1.95 bits per heavy atom. The minimum absolute atomic E-state index is 0.145. The molecule has 1 aliphatic heterocycles. The maximum Gasteiger partial charge on any atom is 0.239 e. The summed E-state index contributed by atoms with van der Waals surface area (Å²) >= 11 is 0. The first-order valence-electron chi connectivity index (χ1n) is 7.06. The van der Waals surface area contributed by atoms with Crippen LogP contribution in [0, 0.1) is 16.7 Å². The van der Waals surface area contributed by atoms with Crippen molar-refractivity contribution in [3.05, 3.63) is 29.8 Å². The van der Waals surface area contributed by atoms with Crippen molar-refractivity contribution in [2.24, 2.45) is 5.41 Å². The number of carbonyl (C=O) groups is 2. The highest BCUT2D eigenvalue weighted by atomic mass is 16.2. The minimum Gasteiger partial charge on any atom is -0.342 e. The van der Waals surface area contributed by atoms with Crippen molar-refractivity contribution in [2.45, 2.75) is 26.7 Å². The van der Waals surface area contributed by atoms with Gasteiger partial charge in [0.25, 0.3) is 0 Å². The molecule has 0 saturated carbocycles. The smallest absolute Gasteiger partial charge is 0.239 e. The van der Waals surface area contributed by atoms with Gasteiger partial charge in [-0.25, -0.2) is 0 Å². The molecule has 1 N–H and O–H groups in total. The van der Waals surface area contributed by atoms with Gasteiger partial charge in [0.15, 0.2) is 0 Å². The number of likely N-dealkylation sites (tertiary alicyclic amines) is 1. The van der Waals surface area contributed by atoms with E-state index >= 15 is 0 Å². The molecule has 1 heterocycles. The Morgan fingerprint density at radius 1 is 1.29 bits per heavy atom. The fourth-order valence-corrected chi connectivity index (χ4v) is 2.37. The minimum atomic E-state index is -1.12.